The maximum absolute atomic E-state index is 12.8. The van der Waals surface area contributed by atoms with Gasteiger partial charge in [0.2, 0.25) is 0 Å². The molecule has 0 bridgehead atoms. The van der Waals surface area contributed by atoms with Crippen molar-refractivity contribution in [1.29, 1.82) is 0 Å². The third kappa shape index (κ3) is 5.03. The zero-order valence-corrected chi connectivity index (χ0v) is 17.1. The minimum Gasteiger partial charge on any atom is -0.341 e. The molecule has 0 atom stereocenters. The number of aromatic amines is 1. The van der Waals surface area contributed by atoms with Crippen LogP contribution in [0.3, 0.4) is 0 Å². The number of amides is 1. The Morgan fingerprint density at radius 2 is 1.97 bits per heavy atom. The fourth-order valence-electron chi connectivity index (χ4n) is 3.03. The Kier molecular flexibility index (Phi) is 6.66. The van der Waals surface area contributed by atoms with Crippen molar-refractivity contribution in [3.05, 3.63) is 76.0 Å². The molecule has 0 unspecified atom stereocenters. The second-order valence-corrected chi connectivity index (χ2v) is 7.49. The molecule has 1 aromatic heterocycles. The van der Waals surface area contributed by atoms with Crippen molar-refractivity contribution in [3.8, 4) is 11.3 Å². The molecule has 29 heavy (non-hydrogen) atoms. The summed E-state index contributed by atoms with van der Waals surface area (Å²) < 4.78 is 0. The van der Waals surface area contributed by atoms with Gasteiger partial charge in [-0.05, 0) is 37.3 Å². The van der Waals surface area contributed by atoms with E-state index in [2.05, 4.69) is 10.2 Å². The fraction of sp³-hybridized carbons (Fsp3) is 0.238. The summed E-state index contributed by atoms with van der Waals surface area (Å²) in [5.74, 6) is -0.345. The first-order valence-corrected chi connectivity index (χ1v) is 10.4. The summed E-state index contributed by atoms with van der Waals surface area (Å²) in [6.45, 7) is 0.485. The molecule has 150 valence electrons. The quantitative estimate of drug-likeness (QED) is 0.337. The van der Waals surface area contributed by atoms with E-state index in [0.717, 1.165) is 28.3 Å². The number of thioether (sulfide) groups is 1. The second-order valence-electron chi connectivity index (χ2n) is 6.61. The number of nitrogens with zero attached hydrogens (tertiary/aromatic N) is 3. The van der Waals surface area contributed by atoms with Crippen molar-refractivity contribution in [3.63, 3.8) is 0 Å². The van der Waals surface area contributed by atoms with Crippen LogP contribution in [0.15, 0.2) is 59.5 Å². The van der Waals surface area contributed by atoms with Crippen LogP contribution in [0, 0.1) is 10.1 Å². The first kappa shape index (κ1) is 20.6. The number of H-pyrrole nitrogens is 1. The number of aromatic nitrogens is 2. The standard InChI is InChI=1S/C21H22N4O3S/c1-24(21(26)18-14-17(29-2)10-11-20(18)25(27)28)12-6-9-16-13-19(23-22-16)15-7-4-3-5-8-15/h3-5,7-8,10-11,13-14H,6,9,12H2,1-2H3,(H,22,23). The lowest BCUT2D eigenvalue weighted by Gasteiger charge is -2.17. The topological polar surface area (TPSA) is 92.1 Å². The minimum absolute atomic E-state index is 0.122. The second kappa shape index (κ2) is 9.38. The molecule has 0 spiro atoms. The molecule has 3 aromatic rings. The van der Waals surface area contributed by atoms with Crippen molar-refractivity contribution < 1.29 is 9.72 Å². The molecule has 7 nitrogen and oxygen atoms in total. The van der Waals surface area contributed by atoms with Gasteiger partial charge in [0.15, 0.2) is 0 Å². The largest absolute Gasteiger partial charge is 0.341 e. The number of rotatable bonds is 8. The highest BCUT2D eigenvalue weighted by atomic mass is 32.2. The predicted molar refractivity (Wildman–Crippen MR) is 114 cm³/mol. The molecule has 3 rings (SSSR count). The van der Waals surface area contributed by atoms with Crippen molar-refractivity contribution in [2.75, 3.05) is 19.8 Å². The molecule has 0 aliphatic rings. The van der Waals surface area contributed by atoms with Crippen molar-refractivity contribution in [2.24, 2.45) is 0 Å². The van der Waals surface area contributed by atoms with Crippen molar-refractivity contribution in [2.45, 2.75) is 17.7 Å². The molecule has 0 saturated carbocycles. The van der Waals surface area contributed by atoms with Gasteiger partial charge in [0.25, 0.3) is 11.6 Å². The molecule has 0 radical (unpaired) electrons. The highest BCUT2D eigenvalue weighted by molar-refractivity contribution is 7.98. The number of nitro benzene ring substituents is 1. The molecule has 0 fully saturated rings. The van der Waals surface area contributed by atoms with Crippen LogP contribution in [0.1, 0.15) is 22.5 Å². The predicted octanol–water partition coefficient (Wildman–Crippen LogP) is 4.41. The van der Waals surface area contributed by atoms with E-state index < -0.39 is 4.92 Å². The Bertz CT molecular complexity index is 1000. The number of carbonyl (C=O) groups excluding carboxylic acids is 1. The molecular weight excluding hydrogens is 388 g/mol. The maximum atomic E-state index is 12.8. The van der Waals surface area contributed by atoms with Gasteiger partial charge in [0.05, 0.1) is 10.6 Å². The number of hydrogen-bond donors (Lipinski definition) is 1. The van der Waals surface area contributed by atoms with E-state index in [-0.39, 0.29) is 17.2 Å². The first-order valence-electron chi connectivity index (χ1n) is 9.17. The van der Waals surface area contributed by atoms with Crippen LogP contribution in [0.4, 0.5) is 5.69 Å². The van der Waals surface area contributed by atoms with E-state index in [1.807, 2.05) is 42.7 Å². The van der Waals surface area contributed by atoms with Crippen LogP contribution in [-0.2, 0) is 6.42 Å². The zero-order chi connectivity index (χ0) is 20.8. The Balaban J connectivity index is 1.61. The van der Waals surface area contributed by atoms with Gasteiger partial charge in [0, 0.05) is 35.8 Å². The summed E-state index contributed by atoms with van der Waals surface area (Å²) >= 11 is 1.44. The van der Waals surface area contributed by atoms with E-state index in [1.165, 1.54) is 22.7 Å². The number of nitro groups is 1. The average molecular weight is 410 g/mol. The van der Waals surface area contributed by atoms with Crippen LogP contribution >= 0.6 is 11.8 Å². The molecule has 0 saturated heterocycles. The van der Waals surface area contributed by atoms with E-state index in [1.54, 1.807) is 19.2 Å². The van der Waals surface area contributed by atoms with Crippen LogP contribution in [-0.4, -0.2) is 45.8 Å². The molecule has 8 heteroatoms. The monoisotopic (exact) mass is 410 g/mol. The number of benzene rings is 2. The van der Waals surface area contributed by atoms with Gasteiger partial charge in [0.1, 0.15) is 5.56 Å². The van der Waals surface area contributed by atoms with E-state index in [4.69, 9.17) is 0 Å². The molecule has 0 aliphatic heterocycles. The summed E-state index contributed by atoms with van der Waals surface area (Å²) in [5, 5.41) is 18.7. The molecule has 1 heterocycles. The van der Waals surface area contributed by atoms with Crippen molar-refractivity contribution in [1.82, 2.24) is 15.1 Å². The lowest BCUT2D eigenvalue weighted by Crippen LogP contribution is -2.28. The van der Waals surface area contributed by atoms with Gasteiger partial charge >= 0.3 is 0 Å². The Morgan fingerprint density at radius 3 is 2.66 bits per heavy atom. The molecule has 0 aliphatic carbocycles. The smallest absolute Gasteiger partial charge is 0.282 e. The summed E-state index contributed by atoms with van der Waals surface area (Å²) in [5.41, 5.74) is 2.87. The first-order chi connectivity index (χ1) is 14.0. The minimum atomic E-state index is -0.513. The SMILES string of the molecule is CSc1ccc([N+](=O)[O-])c(C(=O)N(C)CCCc2cc(-c3ccccc3)n[nH]2)c1. The van der Waals surface area contributed by atoms with Gasteiger partial charge in [-0.2, -0.15) is 5.10 Å². The van der Waals surface area contributed by atoms with E-state index in [9.17, 15) is 14.9 Å². The summed E-state index contributed by atoms with van der Waals surface area (Å²) in [6, 6.07) is 16.5. The molecule has 1 amide bonds. The van der Waals surface area contributed by atoms with Gasteiger partial charge < -0.3 is 4.90 Å². The van der Waals surface area contributed by atoms with Gasteiger partial charge in [-0.25, -0.2) is 0 Å². The van der Waals surface area contributed by atoms with Crippen LogP contribution in [0.25, 0.3) is 11.3 Å². The van der Waals surface area contributed by atoms with Crippen LogP contribution in [0.5, 0.6) is 0 Å². The average Bonchev–Trinajstić information content (AvgIpc) is 3.22. The fourth-order valence-corrected chi connectivity index (χ4v) is 3.47. The number of hydrogen-bond acceptors (Lipinski definition) is 5. The number of nitrogens with one attached hydrogen (secondary N) is 1. The number of aryl methyl sites for hydroxylation is 1. The molecule has 2 aromatic carbocycles. The Labute approximate surface area is 173 Å². The van der Waals surface area contributed by atoms with Gasteiger partial charge in [-0.1, -0.05) is 30.3 Å². The summed E-state index contributed by atoms with van der Waals surface area (Å²) in [7, 11) is 1.67. The lowest BCUT2D eigenvalue weighted by atomic mass is 10.1. The van der Waals surface area contributed by atoms with Crippen LogP contribution < -0.4 is 0 Å². The maximum Gasteiger partial charge on any atom is 0.282 e. The third-order valence-electron chi connectivity index (χ3n) is 4.62. The summed E-state index contributed by atoms with van der Waals surface area (Å²) in [6.07, 6.45) is 3.31. The Morgan fingerprint density at radius 1 is 1.21 bits per heavy atom. The molecule has 1 N–H and O–H groups in total. The highest BCUT2D eigenvalue weighted by Gasteiger charge is 2.23. The lowest BCUT2D eigenvalue weighted by molar-refractivity contribution is -0.385. The van der Waals surface area contributed by atoms with Gasteiger partial charge in [-0.15, -0.1) is 11.8 Å². The highest BCUT2D eigenvalue weighted by Crippen LogP contribution is 2.26. The van der Waals surface area contributed by atoms with Gasteiger partial charge in [-0.3, -0.25) is 20.0 Å². The van der Waals surface area contributed by atoms with Crippen LogP contribution in [0.2, 0.25) is 0 Å². The molecular formula is C21H22N4O3S. The third-order valence-corrected chi connectivity index (χ3v) is 5.34. The zero-order valence-electron chi connectivity index (χ0n) is 16.3. The summed E-state index contributed by atoms with van der Waals surface area (Å²) in [4.78, 5) is 25.9. The normalized spacial score (nSPS) is 10.7. The van der Waals surface area contributed by atoms with Crippen molar-refractivity contribution >= 4 is 23.4 Å². The number of carbonyl (C=O) groups is 1. The Hall–Kier alpha value is -3.13. The van der Waals surface area contributed by atoms with E-state index >= 15 is 0 Å². The van der Waals surface area contributed by atoms with E-state index in [0.29, 0.717) is 13.0 Å².